The average Bonchev–Trinajstić information content (AvgIpc) is 2.15. The lowest BCUT2D eigenvalue weighted by atomic mass is 9.77. The number of alkyl carbamates (subject to hydrolysis) is 1. The molecule has 1 N–H and O–H groups in total. The highest BCUT2D eigenvalue weighted by Gasteiger charge is 2.33. The monoisotopic (exact) mass is 241 g/mol. The highest BCUT2D eigenvalue weighted by molar-refractivity contribution is 5.68. The quantitative estimate of drug-likeness (QED) is 0.797. The van der Waals surface area contributed by atoms with Crippen LogP contribution in [0.1, 0.15) is 66.7 Å². The van der Waals surface area contributed by atoms with Crippen LogP contribution >= 0.6 is 0 Å². The minimum Gasteiger partial charge on any atom is -0.444 e. The summed E-state index contributed by atoms with van der Waals surface area (Å²) in [5.74, 6) is 0.837. The number of hydrogen-bond acceptors (Lipinski definition) is 2. The van der Waals surface area contributed by atoms with Gasteiger partial charge < -0.3 is 10.1 Å². The molecule has 0 spiro atoms. The molecule has 0 radical (unpaired) electrons. The van der Waals surface area contributed by atoms with Gasteiger partial charge in [0.15, 0.2) is 0 Å². The van der Waals surface area contributed by atoms with Gasteiger partial charge in [-0.15, -0.1) is 0 Å². The molecule has 3 nitrogen and oxygen atoms in total. The summed E-state index contributed by atoms with van der Waals surface area (Å²) in [6.45, 7) is 10.0. The van der Waals surface area contributed by atoms with Crippen LogP contribution in [0.25, 0.3) is 0 Å². The second-order valence-electron chi connectivity index (χ2n) is 6.54. The van der Waals surface area contributed by atoms with Crippen molar-refractivity contribution in [2.24, 2.45) is 5.92 Å². The lowest BCUT2D eigenvalue weighted by Gasteiger charge is -2.38. The number of ether oxygens (including phenoxy) is 1. The van der Waals surface area contributed by atoms with Crippen LogP contribution in [-0.4, -0.2) is 17.2 Å². The predicted octanol–water partition coefficient (Wildman–Crippen LogP) is 3.87. The average molecular weight is 241 g/mol. The molecule has 1 aliphatic carbocycles. The first kappa shape index (κ1) is 14.3. The maximum absolute atomic E-state index is 11.7. The molecule has 0 heterocycles. The van der Waals surface area contributed by atoms with E-state index in [9.17, 15) is 4.79 Å². The first-order valence-electron chi connectivity index (χ1n) is 6.75. The highest BCUT2D eigenvalue weighted by atomic mass is 16.6. The Labute approximate surface area is 105 Å². The van der Waals surface area contributed by atoms with Crippen LogP contribution in [0.2, 0.25) is 0 Å². The van der Waals surface area contributed by atoms with Crippen LogP contribution in [0.5, 0.6) is 0 Å². The first-order chi connectivity index (χ1) is 7.74. The van der Waals surface area contributed by atoms with Crippen molar-refractivity contribution in [3.63, 3.8) is 0 Å². The lowest BCUT2D eigenvalue weighted by Crippen LogP contribution is -2.49. The van der Waals surface area contributed by atoms with Crippen molar-refractivity contribution >= 4 is 6.09 Å². The molecule has 1 rings (SSSR count). The predicted molar refractivity (Wildman–Crippen MR) is 70.0 cm³/mol. The Kier molecular flexibility index (Phi) is 4.45. The van der Waals surface area contributed by atoms with E-state index in [2.05, 4.69) is 19.2 Å². The number of amides is 1. The fourth-order valence-corrected chi connectivity index (χ4v) is 2.40. The molecule has 0 atom stereocenters. The number of nitrogens with one attached hydrogen (secondary N) is 1. The standard InChI is InChI=1S/C14H27NO2/c1-6-11-7-9-14(5,10-8-11)15-12(16)17-13(2,3)4/h11H,6-10H2,1-5H3,(H,15,16). The summed E-state index contributed by atoms with van der Waals surface area (Å²) in [5.41, 5.74) is -0.491. The molecule has 1 saturated carbocycles. The van der Waals surface area contributed by atoms with Crippen LogP contribution in [0.3, 0.4) is 0 Å². The molecule has 0 aromatic heterocycles. The summed E-state index contributed by atoms with van der Waals surface area (Å²) in [5, 5.41) is 3.04. The maximum Gasteiger partial charge on any atom is 0.408 e. The third-order valence-corrected chi connectivity index (χ3v) is 3.59. The summed E-state index contributed by atoms with van der Waals surface area (Å²) in [6, 6.07) is 0. The van der Waals surface area contributed by atoms with E-state index in [-0.39, 0.29) is 11.6 Å². The number of carbonyl (C=O) groups is 1. The van der Waals surface area contributed by atoms with Crippen molar-refractivity contribution in [1.82, 2.24) is 5.32 Å². The maximum atomic E-state index is 11.7. The zero-order valence-corrected chi connectivity index (χ0v) is 11.9. The molecule has 0 bridgehead atoms. The van der Waals surface area contributed by atoms with Gasteiger partial charge in [0.25, 0.3) is 0 Å². The molecule has 0 unspecified atom stereocenters. The Hall–Kier alpha value is -0.730. The third-order valence-electron chi connectivity index (χ3n) is 3.59. The summed E-state index contributed by atoms with van der Waals surface area (Å²) in [6.07, 6.45) is 5.51. The van der Waals surface area contributed by atoms with E-state index in [0.717, 1.165) is 18.8 Å². The zero-order valence-electron chi connectivity index (χ0n) is 11.9. The molecule has 0 saturated heterocycles. The largest absolute Gasteiger partial charge is 0.444 e. The molecule has 100 valence electrons. The normalized spacial score (nSPS) is 29.8. The van der Waals surface area contributed by atoms with Gasteiger partial charge in [0.05, 0.1) is 0 Å². The Morgan fingerprint density at radius 1 is 1.35 bits per heavy atom. The zero-order chi connectivity index (χ0) is 13.1. The van der Waals surface area contributed by atoms with Crippen molar-refractivity contribution in [2.75, 3.05) is 0 Å². The molecule has 0 aromatic rings. The van der Waals surface area contributed by atoms with E-state index in [1.807, 2.05) is 20.8 Å². The van der Waals surface area contributed by atoms with Gasteiger partial charge in [-0.2, -0.15) is 0 Å². The van der Waals surface area contributed by atoms with Crippen LogP contribution in [0, 0.1) is 5.92 Å². The Bertz CT molecular complexity index is 260. The fourth-order valence-electron chi connectivity index (χ4n) is 2.40. The summed E-state index contributed by atoms with van der Waals surface area (Å²) in [4.78, 5) is 11.7. The molecule has 1 aliphatic rings. The minimum atomic E-state index is -0.416. The topological polar surface area (TPSA) is 38.3 Å². The van der Waals surface area contributed by atoms with Crippen molar-refractivity contribution in [3.05, 3.63) is 0 Å². The molecule has 0 aliphatic heterocycles. The van der Waals surface area contributed by atoms with Gasteiger partial charge in [-0.05, 0) is 59.3 Å². The van der Waals surface area contributed by atoms with Gasteiger partial charge in [-0.3, -0.25) is 0 Å². The van der Waals surface area contributed by atoms with Crippen molar-refractivity contribution in [1.29, 1.82) is 0 Å². The molecule has 3 heteroatoms. The minimum absolute atomic E-state index is 0.0754. The van der Waals surface area contributed by atoms with Crippen molar-refractivity contribution < 1.29 is 9.53 Å². The summed E-state index contributed by atoms with van der Waals surface area (Å²) < 4.78 is 5.31. The Morgan fingerprint density at radius 3 is 2.29 bits per heavy atom. The van der Waals surface area contributed by atoms with Gasteiger partial charge in [-0.25, -0.2) is 4.79 Å². The third kappa shape index (κ3) is 4.97. The molecule has 1 amide bonds. The summed E-state index contributed by atoms with van der Waals surface area (Å²) >= 11 is 0. The van der Waals surface area contributed by atoms with Crippen molar-refractivity contribution in [3.8, 4) is 0 Å². The number of carbonyl (C=O) groups excluding carboxylic acids is 1. The number of hydrogen-bond donors (Lipinski definition) is 1. The van der Waals surface area contributed by atoms with E-state index in [0.29, 0.717) is 0 Å². The smallest absolute Gasteiger partial charge is 0.408 e. The van der Waals surface area contributed by atoms with Crippen molar-refractivity contribution in [2.45, 2.75) is 77.9 Å². The highest BCUT2D eigenvalue weighted by Crippen LogP contribution is 2.33. The first-order valence-corrected chi connectivity index (χ1v) is 6.75. The molecule has 17 heavy (non-hydrogen) atoms. The van der Waals surface area contributed by atoms with Gasteiger partial charge in [0.2, 0.25) is 0 Å². The second kappa shape index (κ2) is 5.28. The Morgan fingerprint density at radius 2 is 1.88 bits per heavy atom. The molecule has 0 aromatic carbocycles. The number of rotatable bonds is 2. The second-order valence-corrected chi connectivity index (χ2v) is 6.54. The van der Waals surface area contributed by atoms with Gasteiger partial charge >= 0.3 is 6.09 Å². The van der Waals surface area contributed by atoms with E-state index in [4.69, 9.17) is 4.74 Å². The van der Waals surface area contributed by atoms with Gasteiger partial charge in [0, 0.05) is 5.54 Å². The van der Waals surface area contributed by atoms with Gasteiger partial charge in [0.1, 0.15) is 5.60 Å². The van der Waals surface area contributed by atoms with E-state index in [1.54, 1.807) is 0 Å². The van der Waals surface area contributed by atoms with Crippen LogP contribution in [0.4, 0.5) is 4.79 Å². The molecular weight excluding hydrogens is 214 g/mol. The molecule has 1 fully saturated rings. The van der Waals surface area contributed by atoms with Crippen LogP contribution in [0.15, 0.2) is 0 Å². The SMILES string of the molecule is CCC1CCC(C)(NC(=O)OC(C)(C)C)CC1. The fraction of sp³-hybridized carbons (Fsp3) is 0.929. The van der Waals surface area contributed by atoms with E-state index < -0.39 is 5.60 Å². The van der Waals surface area contributed by atoms with Crippen LogP contribution in [-0.2, 0) is 4.74 Å². The van der Waals surface area contributed by atoms with E-state index in [1.165, 1.54) is 19.3 Å². The molecular formula is C14H27NO2. The Balaban J connectivity index is 2.43. The summed E-state index contributed by atoms with van der Waals surface area (Å²) in [7, 11) is 0. The lowest BCUT2D eigenvalue weighted by molar-refractivity contribution is 0.0425. The van der Waals surface area contributed by atoms with Crippen LogP contribution < -0.4 is 5.32 Å². The van der Waals surface area contributed by atoms with Gasteiger partial charge in [-0.1, -0.05) is 13.3 Å². The van der Waals surface area contributed by atoms with E-state index >= 15 is 0 Å².